The molecule has 0 aliphatic heterocycles. The highest BCUT2D eigenvalue weighted by Gasteiger charge is 2.14. The quantitative estimate of drug-likeness (QED) is 0.808. The number of hydrogen-bond acceptors (Lipinski definition) is 2. The molecule has 0 spiro atoms. The molecule has 0 aromatic heterocycles. The van der Waals surface area contributed by atoms with Crippen molar-refractivity contribution in [1.82, 2.24) is 5.32 Å². The Morgan fingerprint density at radius 2 is 1.81 bits per heavy atom. The van der Waals surface area contributed by atoms with Crippen LogP contribution in [0.25, 0.3) is 0 Å². The Morgan fingerprint density at radius 3 is 2.43 bits per heavy atom. The molecule has 2 aromatic carbocycles. The van der Waals surface area contributed by atoms with Gasteiger partial charge in [-0.05, 0) is 62.7 Å². The number of aryl methyl sites for hydroxylation is 2. The first-order valence-electron chi connectivity index (χ1n) is 7.29. The third-order valence-corrected chi connectivity index (χ3v) is 4.60. The average molecular weight is 303 g/mol. The van der Waals surface area contributed by atoms with Crippen molar-refractivity contribution in [3.63, 3.8) is 0 Å². The van der Waals surface area contributed by atoms with E-state index in [1.54, 1.807) is 17.8 Å². The predicted molar refractivity (Wildman–Crippen MR) is 88.5 cm³/mol. The van der Waals surface area contributed by atoms with E-state index in [1.807, 2.05) is 13.0 Å². The van der Waals surface area contributed by atoms with Crippen LogP contribution in [0.3, 0.4) is 0 Å². The molecule has 3 heteroatoms. The molecule has 0 saturated carbocycles. The maximum Gasteiger partial charge on any atom is 0.126 e. The monoisotopic (exact) mass is 303 g/mol. The van der Waals surface area contributed by atoms with Gasteiger partial charge in [0.1, 0.15) is 5.82 Å². The van der Waals surface area contributed by atoms with Crippen molar-refractivity contribution in [2.75, 3.05) is 6.54 Å². The van der Waals surface area contributed by atoms with Crippen molar-refractivity contribution in [3.05, 3.63) is 58.9 Å². The average Bonchev–Trinajstić information content (AvgIpc) is 2.45. The summed E-state index contributed by atoms with van der Waals surface area (Å²) in [5.41, 5.74) is 2.96. The summed E-state index contributed by atoms with van der Waals surface area (Å²) >= 11 is 1.69. The van der Waals surface area contributed by atoms with Crippen LogP contribution in [0.1, 0.15) is 36.6 Å². The van der Waals surface area contributed by atoms with Crippen molar-refractivity contribution in [2.24, 2.45) is 0 Å². The Hall–Kier alpha value is -1.32. The normalized spacial score (nSPS) is 12.4. The lowest BCUT2D eigenvalue weighted by Crippen LogP contribution is -2.18. The SMILES string of the molecule is CCNC(C)c1cc(F)c(C)cc1Sc1ccc(C)cc1. The van der Waals surface area contributed by atoms with E-state index in [1.165, 1.54) is 10.5 Å². The van der Waals surface area contributed by atoms with Gasteiger partial charge in [0, 0.05) is 15.8 Å². The lowest BCUT2D eigenvalue weighted by atomic mass is 10.1. The summed E-state index contributed by atoms with van der Waals surface area (Å²) in [4.78, 5) is 2.29. The molecule has 0 fully saturated rings. The fourth-order valence-corrected chi connectivity index (χ4v) is 3.36. The molecule has 0 radical (unpaired) electrons. The molecule has 21 heavy (non-hydrogen) atoms. The van der Waals surface area contributed by atoms with Gasteiger partial charge in [-0.15, -0.1) is 0 Å². The van der Waals surface area contributed by atoms with E-state index in [9.17, 15) is 4.39 Å². The van der Waals surface area contributed by atoms with E-state index >= 15 is 0 Å². The summed E-state index contributed by atoms with van der Waals surface area (Å²) in [6, 6.07) is 12.2. The zero-order valence-electron chi connectivity index (χ0n) is 13.0. The van der Waals surface area contributed by atoms with Crippen LogP contribution in [0, 0.1) is 19.7 Å². The Morgan fingerprint density at radius 1 is 1.14 bits per heavy atom. The van der Waals surface area contributed by atoms with Crippen LogP contribution in [0.4, 0.5) is 4.39 Å². The van der Waals surface area contributed by atoms with Gasteiger partial charge in [-0.2, -0.15) is 0 Å². The molecule has 1 atom stereocenters. The van der Waals surface area contributed by atoms with Gasteiger partial charge >= 0.3 is 0 Å². The maximum atomic E-state index is 13.9. The Bertz CT molecular complexity index is 607. The van der Waals surface area contributed by atoms with E-state index in [4.69, 9.17) is 0 Å². The van der Waals surface area contributed by atoms with E-state index in [0.717, 1.165) is 17.0 Å². The van der Waals surface area contributed by atoms with Crippen molar-refractivity contribution in [3.8, 4) is 0 Å². The fraction of sp³-hybridized carbons (Fsp3) is 0.333. The van der Waals surface area contributed by atoms with Crippen molar-refractivity contribution >= 4 is 11.8 Å². The van der Waals surface area contributed by atoms with Crippen molar-refractivity contribution < 1.29 is 4.39 Å². The highest BCUT2D eigenvalue weighted by Crippen LogP contribution is 2.35. The molecule has 0 aliphatic rings. The Kier molecular flexibility index (Phi) is 5.43. The van der Waals surface area contributed by atoms with Gasteiger partial charge in [-0.1, -0.05) is 36.4 Å². The number of benzene rings is 2. The number of hydrogen-bond donors (Lipinski definition) is 1. The zero-order valence-corrected chi connectivity index (χ0v) is 13.9. The number of halogens is 1. The molecule has 1 nitrogen and oxygen atoms in total. The second-order valence-electron chi connectivity index (χ2n) is 5.33. The van der Waals surface area contributed by atoms with Gasteiger partial charge in [0.05, 0.1) is 0 Å². The van der Waals surface area contributed by atoms with Gasteiger partial charge in [-0.3, -0.25) is 0 Å². The van der Waals surface area contributed by atoms with E-state index in [2.05, 4.69) is 50.4 Å². The molecular formula is C18H22FNS. The van der Waals surface area contributed by atoms with Crippen LogP contribution in [-0.4, -0.2) is 6.54 Å². The highest BCUT2D eigenvalue weighted by molar-refractivity contribution is 7.99. The minimum atomic E-state index is -0.136. The summed E-state index contributed by atoms with van der Waals surface area (Å²) in [5, 5.41) is 3.36. The molecule has 0 bridgehead atoms. The Balaban J connectivity index is 2.36. The molecule has 0 heterocycles. The fourth-order valence-electron chi connectivity index (χ4n) is 2.25. The second-order valence-corrected chi connectivity index (χ2v) is 6.45. The smallest absolute Gasteiger partial charge is 0.126 e. The third kappa shape index (κ3) is 4.08. The topological polar surface area (TPSA) is 12.0 Å². The zero-order chi connectivity index (χ0) is 15.4. The van der Waals surface area contributed by atoms with Crippen molar-refractivity contribution in [1.29, 1.82) is 0 Å². The van der Waals surface area contributed by atoms with E-state index < -0.39 is 0 Å². The van der Waals surface area contributed by atoms with Crippen LogP contribution in [0.15, 0.2) is 46.2 Å². The molecule has 1 N–H and O–H groups in total. The van der Waals surface area contributed by atoms with Crippen LogP contribution < -0.4 is 5.32 Å². The molecule has 2 rings (SSSR count). The molecule has 2 aromatic rings. The predicted octanol–water partition coefficient (Wildman–Crippen LogP) is 5.26. The minimum absolute atomic E-state index is 0.136. The van der Waals surface area contributed by atoms with Gasteiger partial charge in [0.15, 0.2) is 0 Å². The molecule has 0 aliphatic carbocycles. The molecular weight excluding hydrogens is 281 g/mol. The summed E-state index contributed by atoms with van der Waals surface area (Å²) in [6.45, 7) is 8.90. The molecule has 112 valence electrons. The van der Waals surface area contributed by atoms with Crippen LogP contribution in [-0.2, 0) is 0 Å². The molecule has 0 saturated heterocycles. The standard InChI is InChI=1S/C18H22FNS/c1-5-20-14(4)16-11-17(19)13(3)10-18(16)21-15-8-6-12(2)7-9-15/h6-11,14,20H,5H2,1-4H3. The Labute approximate surface area is 131 Å². The lowest BCUT2D eigenvalue weighted by Gasteiger charge is -2.18. The first-order chi connectivity index (χ1) is 10.0. The first kappa shape index (κ1) is 16.1. The van der Waals surface area contributed by atoms with Crippen LogP contribution in [0.2, 0.25) is 0 Å². The molecule has 1 unspecified atom stereocenters. The summed E-state index contributed by atoms with van der Waals surface area (Å²) in [5.74, 6) is -0.136. The third-order valence-electron chi connectivity index (χ3n) is 3.52. The summed E-state index contributed by atoms with van der Waals surface area (Å²) < 4.78 is 13.9. The van der Waals surface area contributed by atoms with Gasteiger partial charge < -0.3 is 5.32 Å². The maximum absolute atomic E-state index is 13.9. The summed E-state index contributed by atoms with van der Waals surface area (Å²) in [7, 11) is 0. The van der Waals surface area contributed by atoms with Gasteiger partial charge in [-0.25, -0.2) is 4.39 Å². The summed E-state index contributed by atoms with van der Waals surface area (Å²) in [6.07, 6.45) is 0. The van der Waals surface area contributed by atoms with Gasteiger partial charge in [0.2, 0.25) is 0 Å². The van der Waals surface area contributed by atoms with E-state index in [0.29, 0.717) is 5.56 Å². The van der Waals surface area contributed by atoms with Crippen LogP contribution in [0.5, 0.6) is 0 Å². The lowest BCUT2D eigenvalue weighted by molar-refractivity contribution is 0.571. The first-order valence-corrected chi connectivity index (χ1v) is 8.11. The van der Waals surface area contributed by atoms with Crippen LogP contribution >= 0.6 is 11.8 Å². The number of rotatable bonds is 5. The minimum Gasteiger partial charge on any atom is -0.310 e. The van der Waals surface area contributed by atoms with Gasteiger partial charge in [0.25, 0.3) is 0 Å². The second kappa shape index (κ2) is 7.10. The largest absolute Gasteiger partial charge is 0.310 e. The van der Waals surface area contributed by atoms with E-state index in [-0.39, 0.29) is 11.9 Å². The van der Waals surface area contributed by atoms with Crippen molar-refractivity contribution in [2.45, 2.75) is 43.5 Å². The highest BCUT2D eigenvalue weighted by atomic mass is 32.2. The molecule has 0 amide bonds. The number of nitrogens with one attached hydrogen (secondary N) is 1.